The van der Waals surface area contributed by atoms with Crippen molar-refractivity contribution in [1.82, 2.24) is 9.97 Å². The number of nitrogens with one attached hydrogen (secondary N) is 1. The van der Waals surface area contributed by atoms with E-state index in [1.807, 2.05) is 0 Å². The Morgan fingerprint density at radius 3 is 2.83 bits per heavy atom. The molecule has 1 aliphatic carbocycles. The molecule has 0 saturated heterocycles. The van der Waals surface area contributed by atoms with Gasteiger partial charge in [-0.1, -0.05) is 0 Å². The Hall–Kier alpha value is -0.950. The normalized spacial score (nSPS) is 23.3. The van der Waals surface area contributed by atoms with E-state index in [9.17, 15) is 13.9 Å². The lowest BCUT2D eigenvalue weighted by molar-refractivity contribution is -0.126. The maximum atomic E-state index is 13.0. The van der Waals surface area contributed by atoms with E-state index in [0.717, 1.165) is 22.8 Å². The summed E-state index contributed by atoms with van der Waals surface area (Å²) < 4.78 is 26.0. The molecule has 1 aromatic rings. The zero-order valence-electron chi connectivity index (χ0n) is 9.62. The minimum Gasteiger partial charge on any atom is -0.394 e. The van der Waals surface area contributed by atoms with Crippen molar-refractivity contribution in [2.45, 2.75) is 35.6 Å². The van der Waals surface area contributed by atoms with Crippen LogP contribution in [0.5, 0.6) is 0 Å². The van der Waals surface area contributed by atoms with Gasteiger partial charge in [-0.15, -0.1) is 11.8 Å². The molecule has 18 heavy (non-hydrogen) atoms. The van der Waals surface area contributed by atoms with Crippen LogP contribution in [0.4, 0.5) is 14.6 Å². The molecule has 0 spiro atoms. The minimum absolute atomic E-state index is 0.313. The topological polar surface area (TPSA) is 58.0 Å². The zero-order chi connectivity index (χ0) is 12.8. The number of aliphatic hydroxyl groups is 1. The number of hydrogen-bond acceptors (Lipinski definition) is 5. The third-order valence-corrected chi connectivity index (χ3v) is 4.47. The number of aliphatic hydroxyl groups excluding tert-OH is 1. The van der Waals surface area contributed by atoms with Crippen LogP contribution in [0.25, 0.3) is 0 Å². The summed E-state index contributed by atoms with van der Waals surface area (Å²) in [5.74, 6) is -1.17. The first-order valence-electron chi connectivity index (χ1n) is 5.77. The van der Waals surface area contributed by atoms with Gasteiger partial charge < -0.3 is 10.4 Å². The van der Waals surface area contributed by atoms with Crippen LogP contribution in [-0.2, 0) is 6.42 Å². The van der Waals surface area contributed by atoms with Crippen molar-refractivity contribution in [3.05, 3.63) is 12.0 Å². The third-order valence-electron chi connectivity index (χ3n) is 3.34. The molecule has 0 aromatic carbocycles. The Morgan fingerprint density at radius 2 is 2.17 bits per heavy atom. The number of aryl methyl sites for hydroxylation is 1. The highest BCUT2D eigenvalue weighted by Gasteiger charge is 2.56. The molecule has 1 saturated carbocycles. The van der Waals surface area contributed by atoms with Gasteiger partial charge in [0.1, 0.15) is 12.1 Å². The molecule has 1 aliphatic heterocycles. The largest absolute Gasteiger partial charge is 0.394 e. The molecule has 0 bridgehead atoms. The van der Waals surface area contributed by atoms with Gasteiger partial charge in [-0.25, -0.2) is 18.7 Å². The van der Waals surface area contributed by atoms with Crippen LogP contribution in [0.3, 0.4) is 0 Å². The number of nitrogens with zero attached hydrogens (tertiary/aromatic N) is 2. The van der Waals surface area contributed by atoms with Gasteiger partial charge in [0.15, 0.2) is 0 Å². The molecule has 2 heterocycles. The first kappa shape index (κ1) is 12.1. The lowest BCUT2D eigenvalue weighted by atomic mass is 9.74. The van der Waals surface area contributed by atoms with Gasteiger partial charge in [0.05, 0.1) is 22.7 Å². The number of fused-ring (bicyclic) bond motifs is 1. The Labute approximate surface area is 107 Å². The SMILES string of the molecule is OCC1(Nc2ncnc3c2SCC3)CC(F)(F)C1. The van der Waals surface area contributed by atoms with Crippen molar-refractivity contribution in [2.24, 2.45) is 0 Å². The molecule has 98 valence electrons. The van der Waals surface area contributed by atoms with E-state index < -0.39 is 11.5 Å². The lowest BCUT2D eigenvalue weighted by Gasteiger charge is -2.47. The first-order valence-corrected chi connectivity index (χ1v) is 6.76. The molecule has 0 unspecified atom stereocenters. The van der Waals surface area contributed by atoms with Crippen molar-refractivity contribution in [3.63, 3.8) is 0 Å². The smallest absolute Gasteiger partial charge is 0.252 e. The first-order chi connectivity index (χ1) is 8.54. The van der Waals surface area contributed by atoms with Gasteiger partial charge in [-0.2, -0.15) is 0 Å². The fraction of sp³-hybridized carbons (Fsp3) is 0.636. The fourth-order valence-electron chi connectivity index (χ4n) is 2.51. The highest BCUT2D eigenvalue weighted by Crippen LogP contribution is 2.48. The second-order valence-corrected chi connectivity index (χ2v) is 5.97. The molecule has 3 rings (SSSR count). The van der Waals surface area contributed by atoms with E-state index >= 15 is 0 Å². The average Bonchev–Trinajstić information content (AvgIpc) is 2.75. The number of alkyl halides is 2. The Balaban J connectivity index is 1.83. The summed E-state index contributed by atoms with van der Waals surface area (Å²) in [5.41, 5.74) is 0.0195. The summed E-state index contributed by atoms with van der Waals surface area (Å²) in [6, 6.07) is 0. The molecule has 2 aliphatic rings. The van der Waals surface area contributed by atoms with E-state index in [0.29, 0.717) is 5.82 Å². The summed E-state index contributed by atoms with van der Waals surface area (Å²) in [7, 11) is 0. The summed E-state index contributed by atoms with van der Waals surface area (Å²) in [6.45, 7) is -0.313. The summed E-state index contributed by atoms with van der Waals surface area (Å²) >= 11 is 1.62. The van der Waals surface area contributed by atoms with E-state index in [-0.39, 0.29) is 19.4 Å². The van der Waals surface area contributed by atoms with Crippen LogP contribution in [0.15, 0.2) is 11.2 Å². The molecular formula is C11H13F2N3OS. The van der Waals surface area contributed by atoms with Gasteiger partial charge in [-0.3, -0.25) is 0 Å². The number of anilines is 1. The second kappa shape index (κ2) is 4.03. The lowest BCUT2D eigenvalue weighted by Crippen LogP contribution is -2.59. The molecule has 1 fully saturated rings. The van der Waals surface area contributed by atoms with Crippen molar-refractivity contribution in [3.8, 4) is 0 Å². The highest BCUT2D eigenvalue weighted by molar-refractivity contribution is 7.99. The van der Waals surface area contributed by atoms with Gasteiger partial charge in [0.25, 0.3) is 5.92 Å². The average molecular weight is 273 g/mol. The number of aromatic nitrogens is 2. The maximum Gasteiger partial charge on any atom is 0.252 e. The van der Waals surface area contributed by atoms with Crippen LogP contribution >= 0.6 is 11.8 Å². The van der Waals surface area contributed by atoms with Gasteiger partial charge >= 0.3 is 0 Å². The van der Waals surface area contributed by atoms with Crippen molar-refractivity contribution in [1.29, 1.82) is 0 Å². The van der Waals surface area contributed by atoms with Crippen LogP contribution in [-0.4, -0.2) is 38.9 Å². The van der Waals surface area contributed by atoms with Gasteiger partial charge in [0.2, 0.25) is 0 Å². The van der Waals surface area contributed by atoms with E-state index in [1.165, 1.54) is 6.33 Å². The quantitative estimate of drug-likeness (QED) is 0.878. The summed E-state index contributed by atoms with van der Waals surface area (Å²) in [5, 5.41) is 12.3. The number of halogens is 2. The molecule has 0 atom stereocenters. The van der Waals surface area contributed by atoms with Crippen LogP contribution in [0.1, 0.15) is 18.5 Å². The molecule has 0 radical (unpaired) electrons. The Morgan fingerprint density at radius 1 is 1.39 bits per heavy atom. The molecule has 7 heteroatoms. The predicted molar refractivity (Wildman–Crippen MR) is 64.1 cm³/mol. The van der Waals surface area contributed by atoms with Crippen LogP contribution in [0, 0.1) is 0 Å². The van der Waals surface area contributed by atoms with Crippen molar-refractivity contribution >= 4 is 17.6 Å². The highest BCUT2D eigenvalue weighted by atomic mass is 32.2. The van der Waals surface area contributed by atoms with Crippen molar-refractivity contribution in [2.75, 3.05) is 17.7 Å². The zero-order valence-corrected chi connectivity index (χ0v) is 10.4. The Bertz CT molecular complexity index is 475. The number of thioether (sulfide) groups is 1. The fourth-order valence-corrected chi connectivity index (χ4v) is 3.57. The van der Waals surface area contributed by atoms with E-state index in [4.69, 9.17) is 0 Å². The molecular weight excluding hydrogens is 260 g/mol. The Kier molecular flexibility index (Phi) is 2.71. The summed E-state index contributed by atoms with van der Waals surface area (Å²) in [6.07, 6.45) is 1.62. The summed E-state index contributed by atoms with van der Waals surface area (Å²) in [4.78, 5) is 9.21. The maximum absolute atomic E-state index is 13.0. The number of rotatable bonds is 3. The van der Waals surface area contributed by atoms with Gasteiger partial charge in [-0.05, 0) is 0 Å². The van der Waals surface area contributed by atoms with Crippen molar-refractivity contribution < 1.29 is 13.9 Å². The number of hydrogen-bond donors (Lipinski definition) is 2. The predicted octanol–water partition coefficient (Wildman–Crippen LogP) is 1.70. The minimum atomic E-state index is -2.68. The van der Waals surface area contributed by atoms with E-state index in [1.54, 1.807) is 11.8 Å². The van der Waals surface area contributed by atoms with E-state index in [2.05, 4.69) is 15.3 Å². The van der Waals surface area contributed by atoms with Gasteiger partial charge in [0, 0.05) is 25.0 Å². The molecule has 0 amide bonds. The van der Waals surface area contributed by atoms with Crippen LogP contribution < -0.4 is 5.32 Å². The molecule has 1 aromatic heterocycles. The molecule has 4 nitrogen and oxygen atoms in total. The standard InChI is InChI=1S/C11H13F2N3OS/c12-11(13)3-10(4-11,5-17)16-9-8-7(1-2-18-8)14-6-15-9/h6,17H,1-5H2,(H,14,15,16). The third kappa shape index (κ3) is 1.95. The van der Waals surface area contributed by atoms with Crippen LogP contribution in [0.2, 0.25) is 0 Å². The molecule has 2 N–H and O–H groups in total. The second-order valence-electron chi connectivity index (χ2n) is 4.87. The monoisotopic (exact) mass is 273 g/mol.